The minimum absolute atomic E-state index is 0.0258. The molecule has 4 heterocycles. The molecule has 0 aromatic heterocycles. The maximum atomic E-state index is 12.0. The highest BCUT2D eigenvalue weighted by Crippen LogP contribution is 2.25. The van der Waals surface area contributed by atoms with E-state index in [1.807, 2.05) is 13.8 Å². The largest absolute Gasteiger partial charge is 0.394 e. The van der Waals surface area contributed by atoms with E-state index in [0.29, 0.717) is 0 Å². The zero-order valence-corrected chi connectivity index (χ0v) is 34.9. The van der Waals surface area contributed by atoms with Gasteiger partial charge < -0.3 is 39.4 Å². The topological polar surface area (TPSA) is 205 Å². The van der Waals surface area contributed by atoms with Gasteiger partial charge in [0.2, 0.25) is 0 Å². The summed E-state index contributed by atoms with van der Waals surface area (Å²) >= 11 is 0. The van der Waals surface area contributed by atoms with Crippen LogP contribution in [0.3, 0.4) is 0 Å². The normalized spacial score (nSPS) is 27.4. The third-order valence-corrected chi connectivity index (χ3v) is 12.5. The van der Waals surface area contributed by atoms with E-state index in [0.717, 1.165) is 75.3 Å². The number of ether oxygens (including phenoxy) is 4. The minimum atomic E-state index is -3.67. The van der Waals surface area contributed by atoms with Crippen molar-refractivity contribution in [2.45, 2.75) is 151 Å². The van der Waals surface area contributed by atoms with Crippen molar-refractivity contribution in [1.82, 2.24) is 0 Å². The van der Waals surface area contributed by atoms with Crippen LogP contribution in [0.25, 0.3) is 0 Å². The van der Waals surface area contributed by atoms with Crippen LogP contribution >= 0.6 is 0 Å². The van der Waals surface area contributed by atoms with E-state index in [1.165, 1.54) is 0 Å². The molecule has 0 radical (unpaired) electrons. The van der Waals surface area contributed by atoms with Gasteiger partial charge in [0.15, 0.2) is 0 Å². The molecule has 0 unspecified atom stereocenters. The zero-order chi connectivity index (χ0) is 41.1. The van der Waals surface area contributed by atoms with Crippen LogP contribution in [0.1, 0.15) is 89.2 Å². The Morgan fingerprint density at radius 2 is 0.714 bits per heavy atom. The number of benzene rings is 2. The predicted molar refractivity (Wildman–Crippen MR) is 209 cm³/mol. The third-order valence-electron chi connectivity index (χ3n) is 9.94. The molecule has 4 fully saturated rings. The van der Waals surface area contributed by atoms with E-state index in [4.69, 9.17) is 47.7 Å². The molecule has 0 saturated carbocycles. The maximum Gasteiger partial charge on any atom is 0.297 e. The fourth-order valence-electron chi connectivity index (χ4n) is 6.38. The molecule has 14 nitrogen and oxygen atoms in total. The third kappa shape index (κ3) is 16.7. The van der Waals surface area contributed by atoms with E-state index < -0.39 is 20.2 Å². The first-order valence-electron chi connectivity index (χ1n) is 19.7. The molecule has 8 atom stereocenters. The van der Waals surface area contributed by atoms with Gasteiger partial charge in [0.05, 0.1) is 98.3 Å². The fraction of sp³-hybridized carbons (Fsp3) is 0.700. The Morgan fingerprint density at radius 3 is 0.946 bits per heavy atom. The van der Waals surface area contributed by atoms with Crippen molar-refractivity contribution >= 4 is 20.2 Å². The zero-order valence-electron chi connectivity index (χ0n) is 33.2. The molecule has 2 aromatic carbocycles. The van der Waals surface area contributed by atoms with Crippen LogP contribution in [0, 0.1) is 13.8 Å². The molecule has 320 valence electrons. The number of aryl methyl sites for hydroxylation is 2. The van der Waals surface area contributed by atoms with E-state index in [-0.39, 0.29) is 98.3 Å². The van der Waals surface area contributed by atoms with Gasteiger partial charge in [0, 0.05) is 0 Å². The van der Waals surface area contributed by atoms with Gasteiger partial charge in [-0.05, 0) is 102 Å². The van der Waals surface area contributed by atoms with Crippen molar-refractivity contribution < 1.29 is 64.6 Å². The Hall–Kier alpha value is -2.06. The van der Waals surface area contributed by atoms with E-state index in [1.54, 1.807) is 48.5 Å². The molecule has 6 rings (SSSR count). The molecule has 4 N–H and O–H groups in total. The first-order chi connectivity index (χ1) is 26.7. The molecule has 4 aliphatic rings. The summed E-state index contributed by atoms with van der Waals surface area (Å²) < 4.78 is 79.7. The van der Waals surface area contributed by atoms with Gasteiger partial charge in [-0.2, -0.15) is 16.8 Å². The van der Waals surface area contributed by atoms with Crippen molar-refractivity contribution in [3.05, 3.63) is 59.7 Å². The highest BCUT2D eigenvalue weighted by atomic mass is 32.2. The summed E-state index contributed by atoms with van der Waals surface area (Å²) in [5.74, 6) is 0. The Balaban J connectivity index is 0.000000212. The molecule has 56 heavy (non-hydrogen) atoms. The summed E-state index contributed by atoms with van der Waals surface area (Å²) in [4.78, 5) is 0.395. The standard InChI is InChI=1S/2C14H20O4S.2C6H12O3/c2*1-3-12-6-7-13(18-12)10-17-19(15,16)14-8-4-11(2)5-9-14;2*7-3-5-1-2-6(4-8)9-5/h2*4-5,8-9,12-13H,3,6-7,10H2,1-2H3;2*5-8H,1-4H2/t12-,13+;12-,13-;5-,6+;5-,6-/m11.0/s1. The summed E-state index contributed by atoms with van der Waals surface area (Å²) in [5.41, 5.74) is 2.03. The van der Waals surface area contributed by atoms with Crippen molar-refractivity contribution in [2.75, 3.05) is 39.6 Å². The van der Waals surface area contributed by atoms with Gasteiger partial charge in [-0.15, -0.1) is 0 Å². The summed E-state index contributed by atoms with van der Waals surface area (Å²) in [6.07, 6.45) is 9.29. The van der Waals surface area contributed by atoms with Gasteiger partial charge in [0.1, 0.15) is 0 Å². The second-order valence-electron chi connectivity index (χ2n) is 14.5. The monoisotopic (exact) mass is 832 g/mol. The van der Waals surface area contributed by atoms with Crippen molar-refractivity contribution in [2.24, 2.45) is 0 Å². The molecule has 4 aliphatic heterocycles. The predicted octanol–water partition coefficient (Wildman–Crippen LogP) is 4.35. The van der Waals surface area contributed by atoms with Crippen molar-refractivity contribution in [3.8, 4) is 0 Å². The van der Waals surface area contributed by atoms with E-state index >= 15 is 0 Å². The van der Waals surface area contributed by atoms with Crippen LogP contribution in [-0.4, -0.2) is 126 Å². The first kappa shape index (κ1) is 48.3. The quantitative estimate of drug-likeness (QED) is 0.196. The summed E-state index contributed by atoms with van der Waals surface area (Å²) in [6.45, 7) is 8.48. The average molecular weight is 833 g/mol. The number of aliphatic hydroxyl groups excluding tert-OH is 4. The van der Waals surface area contributed by atoms with Crippen LogP contribution in [-0.2, 0) is 47.5 Å². The maximum absolute atomic E-state index is 12.0. The molecular weight excluding hydrogens is 769 g/mol. The van der Waals surface area contributed by atoms with Crippen molar-refractivity contribution in [1.29, 1.82) is 0 Å². The summed E-state index contributed by atoms with van der Waals surface area (Å²) in [5, 5.41) is 34.3. The molecule has 4 saturated heterocycles. The number of aliphatic hydroxyl groups is 4. The number of hydrogen-bond acceptors (Lipinski definition) is 14. The molecule has 0 spiro atoms. The van der Waals surface area contributed by atoms with Crippen LogP contribution in [0.4, 0.5) is 0 Å². The van der Waals surface area contributed by atoms with E-state index in [9.17, 15) is 16.8 Å². The van der Waals surface area contributed by atoms with Gasteiger partial charge in [0.25, 0.3) is 20.2 Å². The lowest BCUT2D eigenvalue weighted by Crippen LogP contribution is -2.19. The first-order valence-corrected chi connectivity index (χ1v) is 22.5. The van der Waals surface area contributed by atoms with Gasteiger partial charge in [-0.25, -0.2) is 0 Å². The highest BCUT2D eigenvalue weighted by molar-refractivity contribution is 7.87. The molecule has 2 aromatic rings. The van der Waals surface area contributed by atoms with Crippen molar-refractivity contribution in [3.63, 3.8) is 0 Å². The van der Waals surface area contributed by atoms with Crippen LogP contribution in [0.2, 0.25) is 0 Å². The summed E-state index contributed by atoms with van der Waals surface area (Å²) in [6, 6.07) is 13.3. The number of rotatable bonds is 14. The smallest absolute Gasteiger partial charge is 0.297 e. The van der Waals surface area contributed by atoms with Crippen LogP contribution in [0.15, 0.2) is 58.3 Å². The second-order valence-corrected chi connectivity index (χ2v) is 17.7. The Labute approximate surface area is 333 Å². The van der Waals surface area contributed by atoms with Gasteiger partial charge in [-0.1, -0.05) is 49.2 Å². The molecule has 0 aliphatic carbocycles. The molecule has 0 bridgehead atoms. The lowest BCUT2D eigenvalue weighted by Gasteiger charge is -2.12. The van der Waals surface area contributed by atoms with Crippen LogP contribution < -0.4 is 0 Å². The lowest BCUT2D eigenvalue weighted by atomic mass is 10.2. The minimum Gasteiger partial charge on any atom is -0.394 e. The molecular formula is C40H64O14S2. The Morgan fingerprint density at radius 1 is 0.464 bits per heavy atom. The van der Waals surface area contributed by atoms with Gasteiger partial charge in [-0.3, -0.25) is 8.37 Å². The summed E-state index contributed by atoms with van der Waals surface area (Å²) in [7, 11) is -7.34. The van der Waals surface area contributed by atoms with Crippen LogP contribution in [0.5, 0.6) is 0 Å². The number of hydrogen-bond donors (Lipinski definition) is 4. The Bertz CT molecular complexity index is 1450. The molecule has 16 heteroatoms. The Kier molecular flexibility index (Phi) is 21.4. The highest BCUT2D eigenvalue weighted by Gasteiger charge is 2.28. The SMILES string of the molecule is CC[C@@H]1CC[C@@H](COS(=O)(=O)c2ccc(C)cc2)O1.CC[C@@H]1CC[C@H](COS(=O)(=O)c2ccc(C)cc2)O1.OC[C@@H]1CC[C@@H](CO)O1.OC[C@@H]1CC[C@H](CO)O1. The fourth-order valence-corrected chi connectivity index (χ4v) is 8.25. The lowest BCUT2D eigenvalue weighted by molar-refractivity contribution is -0.0119. The molecule has 0 amide bonds. The second kappa shape index (κ2) is 24.8. The van der Waals surface area contributed by atoms with Gasteiger partial charge >= 0.3 is 0 Å². The van der Waals surface area contributed by atoms with E-state index in [2.05, 4.69) is 13.8 Å². The average Bonchev–Trinajstić information content (AvgIpc) is 4.05.